The van der Waals surface area contributed by atoms with Crippen molar-refractivity contribution in [1.82, 2.24) is 4.57 Å². The summed E-state index contributed by atoms with van der Waals surface area (Å²) in [4.78, 5) is 0. The number of fused-ring (bicyclic) bond motifs is 1. The van der Waals surface area contributed by atoms with E-state index in [0.717, 1.165) is 44.9 Å². The van der Waals surface area contributed by atoms with Gasteiger partial charge in [0.2, 0.25) is 0 Å². The highest BCUT2D eigenvalue weighted by Gasteiger charge is 2.24. The van der Waals surface area contributed by atoms with E-state index in [4.69, 9.17) is 4.74 Å². The zero-order chi connectivity index (χ0) is 12.5. The highest BCUT2D eigenvalue weighted by Crippen LogP contribution is 2.33. The van der Waals surface area contributed by atoms with Crippen LogP contribution < -0.4 is 0 Å². The van der Waals surface area contributed by atoms with Crippen molar-refractivity contribution in [1.29, 1.82) is 0 Å². The molecular formula is C15H23NO2. The highest BCUT2D eigenvalue weighted by atomic mass is 16.5. The van der Waals surface area contributed by atoms with Crippen LogP contribution in [0.5, 0.6) is 0 Å². The fraction of sp³-hybridized carbons (Fsp3) is 0.733. The summed E-state index contributed by atoms with van der Waals surface area (Å²) in [5.41, 5.74) is 3.89. The van der Waals surface area contributed by atoms with Crippen molar-refractivity contribution in [3.63, 3.8) is 0 Å². The molecular weight excluding hydrogens is 226 g/mol. The van der Waals surface area contributed by atoms with Crippen molar-refractivity contribution in [3.05, 3.63) is 23.0 Å². The molecule has 3 nitrogen and oxygen atoms in total. The summed E-state index contributed by atoms with van der Waals surface area (Å²) in [7, 11) is 0. The molecule has 1 unspecified atom stereocenters. The van der Waals surface area contributed by atoms with Gasteiger partial charge in [-0.05, 0) is 51.0 Å². The van der Waals surface area contributed by atoms with Crippen LogP contribution in [0.1, 0.15) is 48.7 Å². The third kappa shape index (κ3) is 2.21. The number of nitrogens with zero attached hydrogens (tertiary/aromatic N) is 1. The topological polar surface area (TPSA) is 34.4 Å². The Kier molecular flexibility index (Phi) is 3.44. The average Bonchev–Trinajstić information content (AvgIpc) is 2.70. The quantitative estimate of drug-likeness (QED) is 0.874. The Bertz CT molecular complexity index is 418. The third-order valence-electron chi connectivity index (χ3n) is 4.48. The van der Waals surface area contributed by atoms with Crippen molar-refractivity contribution < 1.29 is 9.84 Å². The molecule has 3 rings (SSSR count). The van der Waals surface area contributed by atoms with Gasteiger partial charge in [0, 0.05) is 36.7 Å². The standard InChI is InChI=1S/C15H23NO2/c1-11-9-13-14(3-2-4-15(13)17)16(11)10-12-5-7-18-8-6-12/h9,12,15,17H,2-8,10H2,1H3. The molecule has 3 heteroatoms. The van der Waals surface area contributed by atoms with Gasteiger partial charge in [-0.25, -0.2) is 0 Å². The molecule has 2 aliphatic rings. The molecule has 1 fully saturated rings. The summed E-state index contributed by atoms with van der Waals surface area (Å²) >= 11 is 0. The smallest absolute Gasteiger partial charge is 0.0807 e. The Labute approximate surface area is 109 Å². The molecule has 0 amide bonds. The summed E-state index contributed by atoms with van der Waals surface area (Å²) < 4.78 is 7.88. The number of hydrogen-bond acceptors (Lipinski definition) is 2. The van der Waals surface area contributed by atoms with Gasteiger partial charge >= 0.3 is 0 Å². The Morgan fingerprint density at radius 2 is 2.11 bits per heavy atom. The molecule has 0 bridgehead atoms. The molecule has 1 N–H and O–H groups in total. The second-order valence-electron chi connectivity index (χ2n) is 5.76. The molecule has 1 saturated heterocycles. The molecule has 0 aromatic carbocycles. The summed E-state index contributed by atoms with van der Waals surface area (Å²) in [6.45, 7) is 5.10. The van der Waals surface area contributed by atoms with Gasteiger partial charge in [-0.15, -0.1) is 0 Å². The van der Waals surface area contributed by atoms with Gasteiger partial charge < -0.3 is 14.4 Å². The second-order valence-corrected chi connectivity index (χ2v) is 5.76. The zero-order valence-corrected chi connectivity index (χ0v) is 11.2. The number of aromatic nitrogens is 1. The molecule has 18 heavy (non-hydrogen) atoms. The van der Waals surface area contributed by atoms with Crippen LogP contribution in [0.3, 0.4) is 0 Å². The van der Waals surface area contributed by atoms with Gasteiger partial charge in [0.05, 0.1) is 6.10 Å². The van der Waals surface area contributed by atoms with Crippen LogP contribution in [-0.2, 0) is 17.7 Å². The SMILES string of the molecule is Cc1cc2c(n1CC1CCOCC1)CCCC2O. The lowest BCUT2D eigenvalue weighted by molar-refractivity contribution is 0.0607. The maximum Gasteiger partial charge on any atom is 0.0807 e. The largest absolute Gasteiger partial charge is 0.388 e. The second kappa shape index (κ2) is 5.06. The van der Waals surface area contributed by atoms with Crippen molar-refractivity contribution >= 4 is 0 Å². The minimum Gasteiger partial charge on any atom is -0.388 e. The number of aryl methyl sites for hydroxylation is 1. The fourth-order valence-corrected chi connectivity index (χ4v) is 3.38. The van der Waals surface area contributed by atoms with E-state index in [1.54, 1.807) is 0 Å². The van der Waals surface area contributed by atoms with E-state index in [1.807, 2.05) is 0 Å². The Balaban J connectivity index is 1.82. The van der Waals surface area contributed by atoms with E-state index in [1.165, 1.54) is 29.8 Å². The number of aliphatic hydroxyl groups excluding tert-OH is 1. The van der Waals surface area contributed by atoms with E-state index in [-0.39, 0.29) is 6.10 Å². The normalized spacial score (nSPS) is 25.1. The van der Waals surface area contributed by atoms with Crippen LogP contribution in [0.4, 0.5) is 0 Å². The molecule has 0 spiro atoms. The van der Waals surface area contributed by atoms with E-state index >= 15 is 0 Å². The van der Waals surface area contributed by atoms with Crippen molar-refractivity contribution in [2.24, 2.45) is 5.92 Å². The fourth-order valence-electron chi connectivity index (χ4n) is 3.38. The predicted octanol–water partition coefficient (Wildman–Crippen LogP) is 2.59. The first-order valence-electron chi connectivity index (χ1n) is 7.20. The lowest BCUT2D eigenvalue weighted by Gasteiger charge is -2.26. The molecule has 1 aromatic heterocycles. The van der Waals surface area contributed by atoms with Gasteiger partial charge in [0.1, 0.15) is 0 Å². The first-order chi connectivity index (χ1) is 8.75. The van der Waals surface area contributed by atoms with Gasteiger partial charge in [-0.3, -0.25) is 0 Å². The predicted molar refractivity (Wildman–Crippen MR) is 70.6 cm³/mol. The first-order valence-corrected chi connectivity index (χ1v) is 7.20. The molecule has 1 aromatic rings. The van der Waals surface area contributed by atoms with Gasteiger partial charge in [0.15, 0.2) is 0 Å². The average molecular weight is 249 g/mol. The van der Waals surface area contributed by atoms with Crippen molar-refractivity contribution in [2.45, 2.75) is 51.7 Å². The minimum absolute atomic E-state index is 0.233. The van der Waals surface area contributed by atoms with Crippen molar-refractivity contribution in [3.8, 4) is 0 Å². The highest BCUT2D eigenvalue weighted by molar-refractivity contribution is 5.31. The molecule has 0 saturated carbocycles. The van der Waals surface area contributed by atoms with E-state index in [9.17, 15) is 5.11 Å². The Morgan fingerprint density at radius 3 is 2.89 bits per heavy atom. The maximum absolute atomic E-state index is 10.1. The van der Waals surface area contributed by atoms with Crippen LogP contribution in [0.15, 0.2) is 6.07 Å². The van der Waals surface area contributed by atoms with Crippen LogP contribution in [-0.4, -0.2) is 22.9 Å². The van der Waals surface area contributed by atoms with Gasteiger partial charge in [0.25, 0.3) is 0 Å². The molecule has 1 aliphatic heterocycles. The molecule has 2 heterocycles. The van der Waals surface area contributed by atoms with Crippen LogP contribution >= 0.6 is 0 Å². The lowest BCUT2D eigenvalue weighted by atomic mass is 9.94. The number of aliphatic hydroxyl groups is 1. The lowest BCUT2D eigenvalue weighted by Crippen LogP contribution is -2.22. The molecule has 1 atom stereocenters. The number of rotatable bonds is 2. The maximum atomic E-state index is 10.1. The molecule has 1 aliphatic carbocycles. The van der Waals surface area contributed by atoms with Crippen LogP contribution in [0.2, 0.25) is 0 Å². The summed E-state index contributed by atoms with van der Waals surface area (Å²) in [6.07, 6.45) is 5.29. The van der Waals surface area contributed by atoms with Gasteiger partial charge in [-0.1, -0.05) is 0 Å². The van der Waals surface area contributed by atoms with E-state index < -0.39 is 0 Å². The van der Waals surface area contributed by atoms with Crippen molar-refractivity contribution in [2.75, 3.05) is 13.2 Å². The van der Waals surface area contributed by atoms with Crippen LogP contribution in [0.25, 0.3) is 0 Å². The van der Waals surface area contributed by atoms with E-state index in [2.05, 4.69) is 17.6 Å². The number of ether oxygens (including phenoxy) is 1. The Morgan fingerprint density at radius 1 is 1.33 bits per heavy atom. The van der Waals surface area contributed by atoms with Crippen LogP contribution in [0, 0.1) is 12.8 Å². The Hall–Kier alpha value is -0.800. The third-order valence-corrected chi connectivity index (χ3v) is 4.48. The summed E-state index contributed by atoms with van der Waals surface area (Å²) in [6, 6.07) is 2.19. The van der Waals surface area contributed by atoms with E-state index in [0.29, 0.717) is 0 Å². The monoisotopic (exact) mass is 249 g/mol. The van der Waals surface area contributed by atoms with Gasteiger partial charge in [-0.2, -0.15) is 0 Å². The minimum atomic E-state index is -0.233. The molecule has 100 valence electrons. The zero-order valence-electron chi connectivity index (χ0n) is 11.2. The summed E-state index contributed by atoms with van der Waals surface area (Å²) in [5, 5.41) is 10.1. The first kappa shape index (κ1) is 12.2. The number of hydrogen-bond donors (Lipinski definition) is 1. The molecule has 0 radical (unpaired) electrons. The summed E-state index contributed by atoms with van der Waals surface area (Å²) in [5.74, 6) is 0.744.